The summed E-state index contributed by atoms with van der Waals surface area (Å²) in [5.41, 5.74) is 1.77. The number of oxazole rings is 1. The van der Waals surface area contributed by atoms with Gasteiger partial charge in [0.1, 0.15) is 6.04 Å². The molecule has 1 N–H and O–H groups in total. The third kappa shape index (κ3) is 2.45. The maximum atomic E-state index is 12.3. The van der Waals surface area contributed by atoms with Crippen molar-refractivity contribution < 1.29 is 9.21 Å². The van der Waals surface area contributed by atoms with Crippen LogP contribution in [0.4, 0.5) is 5.69 Å². The Morgan fingerprint density at radius 3 is 2.52 bits per heavy atom. The minimum atomic E-state index is -0.665. The number of fused-ring (bicyclic) bond motifs is 1. The first kappa shape index (κ1) is 13.2. The van der Waals surface area contributed by atoms with Crippen molar-refractivity contribution in [2.45, 2.75) is 13.0 Å². The minimum Gasteiger partial charge on any atom is -0.408 e. The number of amides is 1. The van der Waals surface area contributed by atoms with Gasteiger partial charge in [-0.15, -0.1) is 0 Å². The van der Waals surface area contributed by atoms with Crippen molar-refractivity contribution >= 4 is 22.7 Å². The first-order valence-corrected chi connectivity index (χ1v) is 6.63. The van der Waals surface area contributed by atoms with Crippen molar-refractivity contribution in [2.24, 2.45) is 0 Å². The van der Waals surface area contributed by atoms with Gasteiger partial charge in [0.15, 0.2) is 5.58 Å². The predicted octanol–water partition coefficient (Wildman–Crippen LogP) is 2.79. The van der Waals surface area contributed by atoms with Gasteiger partial charge in [-0.1, -0.05) is 30.3 Å². The molecular weight excluding hydrogens is 268 g/mol. The molecule has 2 aromatic carbocycles. The van der Waals surface area contributed by atoms with Gasteiger partial charge in [0.25, 0.3) is 0 Å². The fourth-order valence-corrected chi connectivity index (χ4v) is 2.24. The Morgan fingerprint density at radius 2 is 1.76 bits per heavy atom. The van der Waals surface area contributed by atoms with Gasteiger partial charge < -0.3 is 9.73 Å². The van der Waals surface area contributed by atoms with E-state index in [9.17, 15) is 9.59 Å². The number of rotatable bonds is 3. The number of benzene rings is 2. The SMILES string of the molecule is CC(C(=O)Nc1ccccc1)n1c(=O)oc2ccccc21. The largest absolute Gasteiger partial charge is 0.420 e. The summed E-state index contributed by atoms with van der Waals surface area (Å²) in [4.78, 5) is 24.2. The molecule has 0 radical (unpaired) electrons. The van der Waals surface area contributed by atoms with Crippen LogP contribution in [0.1, 0.15) is 13.0 Å². The van der Waals surface area contributed by atoms with Crippen LogP contribution in [-0.4, -0.2) is 10.5 Å². The maximum absolute atomic E-state index is 12.3. The van der Waals surface area contributed by atoms with E-state index < -0.39 is 11.8 Å². The van der Waals surface area contributed by atoms with E-state index in [0.717, 1.165) is 0 Å². The van der Waals surface area contributed by atoms with Crippen molar-refractivity contribution in [3.05, 3.63) is 65.1 Å². The molecule has 21 heavy (non-hydrogen) atoms. The summed E-state index contributed by atoms with van der Waals surface area (Å²) < 4.78 is 6.50. The molecule has 106 valence electrons. The topological polar surface area (TPSA) is 64.2 Å². The van der Waals surface area contributed by atoms with E-state index in [1.807, 2.05) is 18.2 Å². The zero-order valence-corrected chi connectivity index (χ0v) is 11.4. The number of para-hydroxylation sites is 3. The molecule has 0 aliphatic heterocycles. The van der Waals surface area contributed by atoms with Gasteiger partial charge in [0, 0.05) is 5.69 Å². The molecule has 1 aromatic heterocycles. The van der Waals surface area contributed by atoms with Crippen molar-refractivity contribution in [3.63, 3.8) is 0 Å². The van der Waals surface area contributed by atoms with Crippen molar-refractivity contribution in [2.75, 3.05) is 5.32 Å². The monoisotopic (exact) mass is 282 g/mol. The van der Waals surface area contributed by atoms with E-state index in [1.165, 1.54) is 4.57 Å². The standard InChI is InChI=1S/C16H14N2O3/c1-11(15(19)17-12-7-3-2-4-8-12)18-13-9-5-6-10-14(13)21-16(18)20/h2-11H,1H3,(H,17,19). The van der Waals surface area contributed by atoms with Crippen molar-refractivity contribution in [1.29, 1.82) is 0 Å². The van der Waals surface area contributed by atoms with Crippen LogP contribution in [0.15, 0.2) is 63.8 Å². The third-order valence-corrected chi connectivity index (χ3v) is 3.33. The molecule has 0 spiro atoms. The molecule has 0 saturated carbocycles. The van der Waals surface area contributed by atoms with Gasteiger partial charge >= 0.3 is 5.76 Å². The number of nitrogens with zero attached hydrogens (tertiary/aromatic N) is 1. The van der Waals surface area contributed by atoms with E-state index in [2.05, 4.69) is 5.32 Å². The van der Waals surface area contributed by atoms with E-state index in [-0.39, 0.29) is 5.91 Å². The number of aromatic nitrogens is 1. The van der Waals surface area contributed by atoms with E-state index >= 15 is 0 Å². The highest BCUT2D eigenvalue weighted by Crippen LogP contribution is 2.18. The van der Waals surface area contributed by atoms with Crippen molar-refractivity contribution in [1.82, 2.24) is 4.57 Å². The fourth-order valence-electron chi connectivity index (χ4n) is 2.24. The average Bonchev–Trinajstić information content (AvgIpc) is 2.83. The Hall–Kier alpha value is -2.82. The molecule has 3 rings (SSSR count). The zero-order chi connectivity index (χ0) is 14.8. The molecule has 1 amide bonds. The average molecular weight is 282 g/mol. The lowest BCUT2D eigenvalue weighted by Crippen LogP contribution is -2.29. The number of carbonyl (C=O) groups is 1. The number of anilines is 1. The first-order valence-electron chi connectivity index (χ1n) is 6.63. The Balaban J connectivity index is 1.93. The number of carbonyl (C=O) groups excluding carboxylic acids is 1. The molecule has 1 atom stereocenters. The molecule has 0 saturated heterocycles. The summed E-state index contributed by atoms with van der Waals surface area (Å²) in [5, 5.41) is 2.78. The molecule has 0 aliphatic carbocycles. The Morgan fingerprint density at radius 1 is 1.10 bits per heavy atom. The van der Waals surface area contributed by atoms with Crippen LogP contribution in [0.25, 0.3) is 11.1 Å². The number of hydrogen-bond donors (Lipinski definition) is 1. The van der Waals surface area contributed by atoms with Gasteiger partial charge in [-0.3, -0.25) is 9.36 Å². The second kappa shape index (κ2) is 5.28. The molecule has 0 aliphatic rings. The van der Waals surface area contributed by atoms with E-state index in [1.54, 1.807) is 43.3 Å². The smallest absolute Gasteiger partial charge is 0.408 e. The van der Waals surface area contributed by atoms with Gasteiger partial charge in [-0.25, -0.2) is 4.79 Å². The molecule has 0 bridgehead atoms. The third-order valence-electron chi connectivity index (χ3n) is 3.33. The number of nitrogens with one attached hydrogen (secondary N) is 1. The maximum Gasteiger partial charge on any atom is 0.420 e. The lowest BCUT2D eigenvalue weighted by Gasteiger charge is -2.13. The quantitative estimate of drug-likeness (QED) is 0.803. The molecule has 5 nitrogen and oxygen atoms in total. The molecule has 1 unspecified atom stereocenters. The van der Waals surface area contributed by atoms with Crippen LogP contribution in [0.3, 0.4) is 0 Å². The molecule has 5 heteroatoms. The van der Waals surface area contributed by atoms with Gasteiger partial charge in [0.2, 0.25) is 5.91 Å². The van der Waals surface area contributed by atoms with Crippen LogP contribution >= 0.6 is 0 Å². The summed E-state index contributed by atoms with van der Waals surface area (Å²) in [6.45, 7) is 1.67. The first-order chi connectivity index (χ1) is 10.2. The summed E-state index contributed by atoms with van der Waals surface area (Å²) >= 11 is 0. The second-order valence-corrected chi connectivity index (χ2v) is 4.74. The van der Waals surface area contributed by atoms with E-state index in [0.29, 0.717) is 16.8 Å². The lowest BCUT2D eigenvalue weighted by atomic mass is 10.2. The normalized spacial score (nSPS) is 12.2. The van der Waals surface area contributed by atoms with Crippen LogP contribution in [0.5, 0.6) is 0 Å². The highest BCUT2D eigenvalue weighted by atomic mass is 16.4. The molecule has 0 fully saturated rings. The van der Waals surface area contributed by atoms with Gasteiger partial charge in [-0.2, -0.15) is 0 Å². The number of hydrogen-bond acceptors (Lipinski definition) is 3. The Labute approximate surface area is 120 Å². The Kier molecular flexibility index (Phi) is 3.31. The molecular formula is C16H14N2O3. The molecule has 1 heterocycles. The van der Waals surface area contributed by atoms with Crippen LogP contribution < -0.4 is 11.1 Å². The fraction of sp³-hybridized carbons (Fsp3) is 0.125. The van der Waals surface area contributed by atoms with Crippen LogP contribution in [0.2, 0.25) is 0 Å². The summed E-state index contributed by atoms with van der Waals surface area (Å²) in [7, 11) is 0. The van der Waals surface area contributed by atoms with Gasteiger partial charge in [0.05, 0.1) is 5.52 Å². The summed E-state index contributed by atoms with van der Waals surface area (Å²) in [6, 6.07) is 15.5. The van der Waals surface area contributed by atoms with E-state index in [4.69, 9.17) is 4.42 Å². The van der Waals surface area contributed by atoms with Gasteiger partial charge in [-0.05, 0) is 31.2 Å². The highest BCUT2D eigenvalue weighted by Gasteiger charge is 2.21. The summed E-state index contributed by atoms with van der Waals surface area (Å²) in [6.07, 6.45) is 0. The highest BCUT2D eigenvalue weighted by molar-refractivity contribution is 5.94. The van der Waals surface area contributed by atoms with Crippen LogP contribution in [0, 0.1) is 0 Å². The summed E-state index contributed by atoms with van der Waals surface area (Å²) in [5.74, 6) is -0.804. The predicted molar refractivity (Wildman–Crippen MR) is 80.3 cm³/mol. The van der Waals surface area contributed by atoms with Crippen LogP contribution in [-0.2, 0) is 4.79 Å². The zero-order valence-electron chi connectivity index (χ0n) is 11.4. The Bertz CT molecular complexity index is 833. The lowest BCUT2D eigenvalue weighted by molar-refractivity contribution is -0.118. The van der Waals surface area contributed by atoms with Crippen molar-refractivity contribution in [3.8, 4) is 0 Å². The second-order valence-electron chi connectivity index (χ2n) is 4.74. The molecule has 3 aromatic rings. The minimum absolute atomic E-state index is 0.269.